The van der Waals surface area contributed by atoms with Crippen molar-refractivity contribution in [1.29, 1.82) is 0 Å². The van der Waals surface area contributed by atoms with Crippen LogP contribution in [-0.4, -0.2) is 50.2 Å². The Labute approximate surface area is 177 Å². The summed E-state index contributed by atoms with van der Waals surface area (Å²) in [7, 11) is -0.938. The summed E-state index contributed by atoms with van der Waals surface area (Å²) in [5.74, 6) is -1.81. The van der Waals surface area contributed by atoms with Gasteiger partial charge in [0.15, 0.2) is 6.61 Å². The predicted molar refractivity (Wildman–Crippen MR) is 108 cm³/mol. The number of rotatable bonds is 8. The average molecular weight is 456 g/mol. The molecular weight excluding hydrogens is 438 g/mol. The molecule has 10 nitrogen and oxygen atoms in total. The summed E-state index contributed by atoms with van der Waals surface area (Å²) >= 11 is 5.76. The van der Waals surface area contributed by atoms with E-state index in [0.717, 1.165) is 16.4 Å². The van der Waals surface area contributed by atoms with Gasteiger partial charge in [-0.2, -0.15) is 0 Å². The normalized spacial score (nSPS) is 11.2. The summed E-state index contributed by atoms with van der Waals surface area (Å²) in [5.41, 5.74) is -0.549. The number of carbonyl (C=O) groups excluding carboxylic acids is 2. The fourth-order valence-corrected chi connectivity index (χ4v) is 3.67. The minimum Gasteiger partial charge on any atom is -0.452 e. The molecule has 2 aromatic rings. The van der Waals surface area contributed by atoms with Crippen molar-refractivity contribution in [3.8, 4) is 0 Å². The first-order valence-corrected chi connectivity index (χ1v) is 10.2. The maximum absolute atomic E-state index is 12.4. The van der Waals surface area contributed by atoms with Gasteiger partial charge in [-0.05, 0) is 23.8 Å². The molecule has 0 saturated carbocycles. The Morgan fingerprint density at radius 2 is 1.87 bits per heavy atom. The third kappa shape index (κ3) is 5.53. The second-order valence-corrected chi connectivity index (χ2v) is 8.72. The molecule has 1 N–H and O–H groups in total. The highest BCUT2D eigenvalue weighted by Crippen LogP contribution is 2.23. The average Bonchev–Trinajstić information content (AvgIpc) is 2.70. The van der Waals surface area contributed by atoms with Gasteiger partial charge in [0.05, 0.1) is 9.82 Å². The van der Waals surface area contributed by atoms with Crippen LogP contribution in [-0.2, 0) is 26.1 Å². The van der Waals surface area contributed by atoms with E-state index in [1.165, 1.54) is 32.3 Å². The van der Waals surface area contributed by atoms with Gasteiger partial charge in [-0.1, -0.05) is 29.8 Å². The molecule has 0 saturated heterocycles. The number of hydrogen-bond acceptors (Lipinski definition) is 7. The van der Waals surface area contributed by atoms with Crippen LogP contribution >= 0.6 is 11.6 Å². The molecule has 160 valence electrons. The van der Waals surface area contributed by atoms with Gasteiger partial charge in [-0.25, -0.2) is 17.5 Å². The van der Waals surface area contributed by atoms with Crippen LogP contribution in [0.5, 0.6) is 0 Å². The van der Waals surface area contributed by atoms with Crippen molar-refractivity contribution in [2.24, 2.45) is 0 Å². The van der Waals surface area contributed by atoms with Crippen molar-refractivity contribution in [3.05, 3.63) is 68.7 Å². The number of amides is 1. The van der Waals surface area contributed by atoms with Crippen molar-refractivity contribution in [1.82, 2.24) is 9.62 Å². The number of nitrogens with zero attached hydrogens (tertiary/aromatic N) is 2. The standard InChI is InChI=1S/C18H18ClN3O7S/c1-21(2)30(27,28)16-6-4-3-5-12(16)10-20-17(23)11-29-18(24)14-9-13(19)7-8-15(14)22(25)26/h3-9H,10-11H2,1-2H3,(H,20,23). The van der Waals surface area contributed by atoms with E-state index in [4.69, 9.17) is 16.3 Å². The number of ether oxygens (including phenoxy) is 1. The molecule has 0 aliphatic carbocycles. The van der Waals surface area contributed by atoms with Crippen molar-refractivity contribution < 1.29 is 27.7 Å². The zero-order valence-corrected chi connectivity index (χ0v) is 17.6. The lowest BCUT2D eigenvalue weighted by molar-refractivity contribution is -0.385. The van der Waals surface area contributed by atoms with Gasteiger partial charge in [0.25, 0.3) is 11.6 Å². The third-order valence-corrected chi connectivity index (χ3v) is 6.07. The topological polar surface area (TPSA) is 136 Å². The third-order valence-electron chi connectivity index (χ3n) is 3.92. The van der Waals surface area contributed by atoms with Crippen LogP contribution in [0.1, 0.15) is 15.9 Å². The summed E-state index contributed by atoms with van der Waals surface area (Å²) in [6, 6.07) is 9.51. The number of sulfonamides is 1. The highest BCUT2D eigenvalue weighted by molar-refractivity contribution is 7.89. The predicted octanol–water partition coefficient (Wildman–Crippen LogP) is 1.97. The number of nitrogens with one attached hydrogen (secondary N) is 1. The summed E-state index contributed by atoms with van der Waals surface area (Å²) in [4.78, 5) is 34.4. The Balaban J connectivity index is 2.03. The molecule has 30 heavy (non-hydrogen) atoms. The number of carbonyl (C=O) groups is 2. The highest BCUT2D eigenvalue weighted by atomic mass is 35.5. The van der Waals surface area contributed by atoms with E-state index in [2.05, 4.69) is 5.32 Å². The van der Waals surface area contributed by atoms with Crippen LogP contribution < -0.4 is 5.32 Å². The highest BCUT2D eigenvalue weighted by Gasteiger charge is 2.23. The Hall–Kier alpha value is -3.02. The maximum atomic E-state index is 12.4. The summed E-state index contributed by atoms with van der Waals surface area (Å²) < 4.78 is 30.6. The number of nitro benzene ring substituents is 1. The number of esters is 1. The van der Waals surface area contributed by atoms with E-state index in [1.807, 2.05) is 0 Å². The Morgan fingerprint density at radius 1 is 1.20 bits per heavy atom. The number of nitro groups is 1. The smallest absolute Gasteiger partial charge is 0.345 e. The van der Waals surface area contributed by atoms with E-state index in [0.29, 0.717) is 5.56 Å². The monoisotopic (exact) mass is 455 g/mol. The first-order valence-electron chi connectivity index (χ1n) is 8.42. The molecule has 0 aliphatic heterocycles. The van der Waals surface area contributed by atoms with Gasteiger partial charge in [-0.15, -0.1) is 0 Å². The molecule has 0 atom stereocenters. The van der Waals surface area contributed by atoms with Crippen molar-refractivity contribution in [2.75, 3.05) is 20.7 Å². The second kappa shape index (κ2) is 9.65. The zero-order valence-electron chi connectivity index (χ0n) is 16.0. The number of benzene rings is 2. The number of halogens is 1. The lowest BCUT2D eigenvalue weighted by atomic mass is 10.2. The quantitative estimate of drug-likeness (QED) is 0.365. The van der Waals surface area contributed by atoms with Crippen molar-refractivity contribution in [3.63, 3.8) is 0 Å². The molecule has 0 bridgehead atoms. The lowest BCUT2D eigenvalue weighted by Gasteiger charge is -2.15. The summed E-state index contributed by atoms with van der Waals surface area (Å²) in [5, 5.41) is 13.6. The van der Waals surface area contributed by atoms with Gasteiger partial charge in [0.2, 0.25) is 10.0 Å². The largest absolute Gasteiger partial charge is 0.452 e. The fourth-order valence-electron chi connectivity index (χ4n) is 2.38. The molecule has 0 radical (unpaired) electrons. The SMILES string of the molecule is CN(C)S(=O)(=O)c1ccccc1CNC(=O)COC(=O)c1cc(Cl)ccc1[N+](=O)[O-]. The fraction of sp³-hybridized carbons (Fsp3) is 0.222. The lowest BCUT2D eigenvalue weighted by Crippen LogP contribution is -2.30. The summed E-state index contributed by atoms with van der Waals surface area (Å²) in [6.07, 6.45) is 0. The van der Waals surface area contributed by atoms with E-state index < -0.39 is 39.1 Å². The zero-order chi connectivity index (χ0) is 22.5. The molecule has 0 unspecified atom stereocenters. The molecule has 1 amide bonds. The number of hydrogen-bond donors (Lipinski definition) is 1. The van der Waals surface area contributed by atoms with Gasteiger partial charge in [-0.3, -0.25) is 14.9 Å². The van der Waals surface area contributed by atoms with Gasteiger partial charge in [0, 0.05) is 31.7 Å². The summed E-state index contributed by atoms with van der Waals surface area (Å²) in [6.45, 7) is -0.845. The van der Waals surface area contributed by atoms with Crippen LogP contribution in [0.15, 0.2) is 47.4 Å². The molecule has 2 aromatic carbocycles. The van der Waals surface area contributed by atoms with Crippen LogP contribution in [0.2, 0.25) is 5.02 Å². The Bertz CT molecular complexity index is 1090. The molecule has 2 rings (SSSR count). The molecule has 0 aromatic heterocycles. The van der Waals surface area contributed by atoms with Crippen LogP contribution in [0.25, 0.3) is 0 Å². The van der Waals surface area contributed by atoms with Gasteiger partial charge >= 0.3 is 5.97 Å². The molecule has 0 spiro atoms. The van der Waals surface area contributed by atoms with Crippen LogP contribution in [0, 0.1) is 10.1 Å². The van der Waals surface area contributed by atoms with E-state index in [-0.39, 0.29) is 22.0 Å². The van der Waals surface area contributed by atoms with Crippen LogP contribution in [0.3, 0.4) is 0 Å². The molecule has 12 heteroatoms. The van der Waals surface area contributed by atoms with Crippen molar-refractivity contribution in [2.45, 2.75) is 11.4 Å². The molecular formula is C18H18ClN3O7S. The second-order valence-electron chi connectivity index (χ2n) is 6.17. The van der Waals surface area contributed by atoms with Gasteiger partial charge < -0.3 is 10.1 Å². The van der Waals surface area contributed by atoms with Gasteiger partial charge in [0.1, 0.15) is 5.56 Å². The van der Waals surface area contributed by atoms with Crippen LogP contribution in [0.4, 0.5) is 5.69 Å². The van der Waals surface area contributed by atoms with E-state index >= 15 is 0 Å². The van der Waals surface area contributed by atoms with Crippen molar-refractivity contribution >= 4 is 39.2 Å². The maximum Gasteiger partial charge on any atom is 0.345 e. The molecule has 0 fully saturated rings. The first kappa shape index (κ1) is 23.3. The van der Waals surface area contributed by atoms with E-state index in [1.54, 1.807) is 12.1 Å². The minimum atomic E-state index is -3.71. The van der Waals surface area contributed by atoms with E-state index in [9.17, 15) is 28.1 Å². The molecule has 0 heterocycles. The Kier molecular flexibility index (Phi) is 7.48. The first-order chi connectivity index (χ1) is 14.0. The Morgan fingerprint density at radius 3 is 2.50 bits per heavy atom. The molecule has 0 aliphatic rings. The minimum absolute atomic E-state index is 0.0295.